The zero-order chi connectivity index (χ0) is 30.6. The van der Waals surface area contributed by atoms with Crippen LogP contribution in [0.1, 0.15) is 33.9 Å². The molecule has 0 aliphatic carbocycles. The Morgan fingerprint density at radius 2 is 1.84 bits per heavy atom. The van der Waals surface area contributed by atoms with Gasteiger partial charge in [0.2, 0.25) is 5.13 Å². The highest BCUT2D eigenvalue weighted by Gasteiger charge is 2.48. The first-order valence-corrected chi connectivity index (χ1v) is 15.4. The van der Waals surface area contributed by atoms with Crippen LogP contribution in [0.4, 0.5) is 9.52 Å². The largest absolute Gasteiger partial charge is 0.507 e. The Kier molecular flexibility index (Phi) is 8.49. The lowest BCUT2D eigenvalue weighted by atomic mass is 9.96. The van der Waals surface area contributed by atoms with E-state index in [0.29, 0.717) is 39.1 Å². The third kappa shape index (κ3) is 6.10. The molecule has 1 fully saturated rings. The topological polar surface area (TPSA) is 106 Å². The first kappa shape index (κ1) is 29.2. The second-order valence-electron chi connectivity index (χ2n) is 9.99. The van der Waals surface area contributed by atoms with Crippen molar-refractivity contribution < 1.29 is 23.8 Å². The maximum atomic E-state index is 14.1. The monoisotopic (exact) mass is 624 g/mol. The summed E-state index contributed by atoms with van der Waals surface area (Å²) in [5.41, 5.74) is 3.44. The van der Waals surface area contributed by atoms with Gasteiger partial charge in [0.25, 0.3) is 5.78 Å². The number of carbonyl (C=O) groups excluding carboxylic acids is 2. The highest BCUT2D eigenvalue weighted by Crippen LogP contribution is 2.44. The SMILES string of the molecule is Cc1cccc(COc2ccc(/C(O)=C3\C(=O)C(=O)N(c4nnc(SCc5ccccc5F)s4)C3c3cccnc3)cc2)c1. The van der Waals surface area contributed by atoms with Gasteiger partial charge in [0.1, 0.15) is 23.9 Å². The fraction of sp³-hybridized carbons (Fsp3) is 0.121. The van der Waals surface area contributed by atoms with E-state index in [0.717, 1.165) is 22.5 Å². The van der Waals surface area contributed by atoms with E-state index in [4.69, 9.17) is 4.74 Å². The van der Waals surface area contributed by atoms with E-state index in [1.54, 1.807) is 60.8 Å². The summed E-state index contributed by atoms with van der Waals surface area (Å²) in [6, 6.07) is 23.5. The number of aryl methyl sites for hydroxylation is 1. The molecule has 3 aromatic carbocycles. The molecular formula is C33H25FN4O4S2. The van der Waals surface area contributed by atoms with E-state index in [1.165, 1.54) is 28.9 Å². The number of ether oxygens (including phenoxy) is 1. The molecule has 0 spiro atoms. The van der Waals surface area contributed by atoms with Crippen LogP contribution in [0.2, 0.25) is 0 Å². The summed E-state index contributed by atoms with van der Waals surface area (Å²) in [5, 5.41) is 20.0. The molecule has 1 aliphatic heterocycles. The van der Waals surface area contributed by atoms with E-state index in [-0.39, 0.29) is 22.3 Å². The van der Waals surface area contributed by atoms with Crippen molar-refractivity contribution in [1.82, 2.24) is 15.2 Å². The number of halogens is 1. The molecule has 0 saturated carbocycles. The Bertz CT molecular complexity index is 1860. The molecule has 6 rings (SSSR count). The number of hydrogen-bond acceptors (Lipinski definition) is 9. The smallest absolute Gasteiger partial charge is 0.301 e. The third-order valence-corrected chi connectivity index (χ3v) is 9.08. The van der Waals surface area contributed by atoms with Gasteiger partial charge < -0.3 is 9.84 Å². The van der Waals surface area contributed by atoms with Crippen LogP contribution in [-0.2, 0) is 21.9 Å². The standard InChI is InChI=1S/C33H25FN4O4S2/c1-20-6-4-7-21(16-20)18-42-25-13-11-22(12-14-25)29(39)27-28(23-9-5-15-35-17-23)38(31(41)30(27)40)32-36-37-33(44-32)43-19-24-8-2-3-10-26(24)34/h2-17,28,39H,18-19H2,1H3/b29-27+. The number of thioether (sulfide) groups is 1. The molecule has 0 bridgehead atoms. The number of hydrogen-bond donors (Lipinski definition) is 1. The maximum absolute atomic E-state index is 14.1. The molecule has 1 N–H and O–H groups in total. The summed E-state index contributed by atoms with van der Waals surface area (Å²) < 4.78 is 20.5. The molecule has 44 heavy (non-hydrogen) atoms. The summed E-state index contributed by atoms with van der Waals surface area (Å²) in [5.74, 6) is -1.45. The van der Waals surface area contributed by atoms with Crippen LogP contribution >= 0.6 is 23.1 Å². The summed E-state index contributed by atoms with van der Waals surface area (Å²) in [6.45, 7) is 2.39. The number of ketones is 1. The van der Waals surface area contributed by atoms with E-state index >= 15 is 0 Å². The summed E-state index contributed by atoms with van der Waals surface area (Å²) in [6.07, 6.45) is 3.11. The van der Waals surface area contributed by atoms with Crippen LogP contribution in [0.5, 0.6) is 5.75 Å². The van der Waals surface area contributed by atoms with Gasteiger partial charge in [-0.1, -0.05) is 77.2 Å². The lowest BCUT2D eigenvalue weighted by Gasteiger charge is -2.22. The molecule has 2 aromatic heterocycles. The van der Waals surface area contributed by atoms with Crippen LogP contribution in [0.25, 0.3) is 5.76 Å². The minimum atomic E-state index is -0.988. The molecule has 1 saturated heterocycles. The van der Waals surface area contributed by atoms with Gasteiger partial charge in [0, 0.05) is 23.7 Å². The number of Topliss-reactive ketones (excluding diaryl/α,β-unsaturated/α-hetero) is 1. The predicted molar refractivity (Wildman–Crippen MR) is 167 cm³/mol. The minimum Gasteiger partial charge on any atom is -0.507 e. The molecule has 220 valence electrons. The van der Waals surface area contributed by atoms with Crippen LogP contribution in [-0.4, -0.2) is 32.0 Å². The van der Waals surface area contributed by atoms with Crippen molar-refractivity contribution in [3.63, 3.8) is 0 Å². The molecule has 1 unspecified atom stereocenters. The number of nitrogens with zero attached hydrogens (tertiary/aromatic N) is 4. The molecule has 1 amide bonds. The van der Waals surface area contributed by atoms with Gasteiger partial charge in [-0.05, 0) is 60.0 Å². The van der Waals surface area contributed by atoms with Gasteiger partial charge in [0.05, 0.1) is 11.6 Å². The Hall–Kier alpha value is -4.87. The minimum absolute atomic E-state index is 0.0906. The number of amides is 1. The van der Waals surface area contributed by atoms with Gasteiger partial charge in [-0.15, -0.1) is 10.2 Å². The Balaban J connectivity index is 1.28. The van der Waals surface area contributed by atoms with Crippen molar-refractivity contribution >= 4 is 45.7 Å². The number of anilines is 1. The molecule has 1 atom stereocenters. The first-order valence-electron chi connectivity index (χ1n) is 13.6. The number of aromatic nitrogens is 3. The number of aliphatic hydroxyl groups is 1. The van der Waals surface area contributed by atoms with Crippen molar-refractivity contribution in [3.8, 4) is 5.75 Å². The van der Waals surface area contributed by atoms with Gasteiger partial charge in [-0.25, -0.2) is 4.39 Å². The van der Waals surface area contributed by atoms with Crippen LogP contribution < -0.4 is 9.64 Å². The number of aliphatic hydroxyl groups excluding tert-OH is 1. The second-order valence-corrected chi connectivity index (χ2v) is 12.2. The van der Waals surface area contributed by atoms with Crippen molar-refractivity contribution in [2.45, 2.75) is 29.7 Å². The van der Waals surface area contributed by atoms with Gasteiger partial charge >= 0.3 is 5.91 Å². The van der Waals surface area contributed by atoms with E-state index in [2.05, 4.69) is 15.2 Å². The molecule has 5 aromatic rings. The number of rotatable bonds is 9. The molecular weight excluding hydrogens is 600 g/mol. The Morgan fingerprint density at radius 3 is 2.59 bits per heavy atom. The number of pyridine rings is 1. The zero-order valence-electron chi connectivity index (χ0n) is 23.4. The molecule has 0 radical (unpaired) electrons. The lowest BCUT2D eigenvalue weighted by molar-refractivity contribution is -0.132. The fourth-order valence-corrected chi connectivity index (χ4v) is 6.68. The van der Waals surface area contributed by atoms with Crippen molar-refractivity contribution in [3.05, 3.63) is 137 Å². The Morgan fingerprint density at radius 1 is 1.02 bits per heavy atom. The van der Waals surface area contributed by atoms with Crippen LogP contribution in [0, 0.1) is 12.7 Å². The maximum Gasteiger partial charge on any atom is 0.301 e. The van der Waals surface area contributed by atoms with E-state index < -0.39 is 17.7 Å². The first-order chi connectivity index (χ1) is 21.4. The molecule has 11 heteroatoms. The normalized spacial score (nSPS) is 16.0. The summed E-state index contributed by atoms with van der Waals surface area (Å²) in [7, 11) is 0. The average Bonchev–Trinajstić information content (AvgIpc) is 3.61. The fourth-order valence-electron chi connectivity index (χ4n) is 4.83. The van der Waals surface area contributed by atoms with Crippen molar-refractivity contribution in [2.24, 2.45) is 0 Å². The highest BCUT2D eigenvalue weighted by atomic mass is 32.2. The quantitative estimate of drug-likeness (QED) is 0.0622. The van der Waals surface area contributed by atoms with Crippen molar-refractivity contribution in [1.29, 1.82) is 0 Å². The third-order valence-electron chi connectivity index (χ3n) is 6.97. The average molecular weight is 625 g/mol. The summed E-state index contributed by atoms with van der Waals surface area (Å²) >= 11 is 2.38. The number of carbonyl (C=O) groups is 2. The lowest BCUT2D eigenvalue weighted by Crippen LogP contribution is -2.29. The van der Waals surface area contributed by atoms with Gasteiger partial charge in [-0.2, -0.15) is 0 Å². The van der Waals surface area contributed by atoms with E-state index in [1.807, 2.05) is 31.2 Å². The predicted octanol–water partition coefficient (Wildman–Crippen LogP) is 6.88. The van der Waals surface area contributed by atoms with Gasteiger partial charge in [0.15, 0.2) is 4.34 Å². The highest BCUT2D eigenvalue weighted by molar-refractivity contribution is 8.00. The molecule has 3 heterocycles. The van der Waals surface area contributed by atoms with Crippen LogP contribution in [0.15, 0.2) is 107 Å². The van der Waals surface area contributed by atoms with E-state index in [9.17, 15) is 19.1 Å². The second kappa shape index (κ2) is 12.8. The molecule has 8 nitrogen and oxygen atoms in total. The zero-order valence-corrected chi connectivity index (χ0v) is 25.0. The molecule has 1 aliphatic rings. The van der Waals surface area contributed by atoms with Crippen molar-refractivity contribution in [2.75, 3.05) is 4.90 Å². The van der Waals surface area contributed by atoms with Gasteiger partial charge in [-0.3, -0.25) is 19.5 Å². The van der Waals surface area contributed by atoms with Crippen LogP contribution in [0.3, 0.4) is 0 Å². The summed E-state index contributed by atoms with van der Waals surface area (Å²) in [4.78, 5) is 32.3. The number of benzene rings is 3. The Labute approximate surface area is 260 Å².